The number of phenols is 1. The number of aryl methyl sites for hydroxylation is 1. The molecule has 0 bridgehead atoms. The minimum atomic E-state index is -0.135. The van der Waals surface area contributed by atoms with E-state index < -0.39 is 0 Å². The van der Waals surface area contributed by atoms with Gasteiger partial charge in [-0.3, -0.25) is 9.36 Å². The Morgan fingerprint density at radius 1 is 1.05 bits per heavy atom. The molecule has 1 N–H and O–H groups in total. The molecule has 0 aliphatic heterocycles. The van der Waals surface area contributed by atoms with Crippen molar-refractivity contribution < 1.29 is 5.11 Å². The van der Waals surface area contributed by atoms with Gasteiger partial charge >= 0.3 is 0 Å². The predicted molar refractivity (Wildman–Crippen MR) is 79.5 cm³/mol. The van der Waals surface area contributed by atoms with Crippen molar-refractivity contribution in [3.05, 3.63) is 71.2 Å². The summed E-state index contributed by atoms with van der Waals surface area (Å²) in [6.45, 7) is 1.85. The van der Waals surface area contributed by atoms with Gasteiger partial charge in [-0.1, -0.05) is 0 Å². The second kappa shape index (κ2) is 5.20. The highest BCUT2D eigenvalue weighted by atomic mass is 16.3. The van der Waals surface area contributed by atoms with Crippen LogP contribution < -0.4 is 5.56 Å². The standard InChI is InChI=1S/C16H13N3O2/c1-11-6-14(20)3-4-15(11)19-9-12(2-5-16(19)21)13-7-17-10-18-8-13/h2-10,20H,1H3. The molecule has 104 valence electrons. The zero-order valence-electron chi connectivity index (χ0n) is 11.4. The van der Waals surface area contributed by atoms with E-state index in [9.17, 15) is 9.90 Å². The van der Waals surface area contributed by atoms with Crippen molar-refractivity contribution in [1.82, 2.24) is 14.5 Å². The molecule has 0 fully saturated rings. The molecule has 3 aromatic rings. The quantitative estimate of drug-likeness (QED) is 0.781. The summed E-state index contributed by atoms with van der Waals surface area (Å²) >= 11 is 0. The molecule has 0 unspecified atom stereocenters. The fraction of sp³-hybridized carbons (Fsp3) is 0.0625. The molecule has 0 radical (unpaired) electrons. The Morgan fingerprint density at radius 2 is 1.81 bits per heavy atom. The van der Waals surface area contributed by atoms with Crippen molar-refractivity contribution in [3.8, 4) is 22.6 Å². The van der Waals surface area contributed by atoms with Crippen LogP contribution in [-0.2, 0) is 0 Å². The highest BCUT2D eigenvalue weighted by molar-refractivity contribution is 5.61. The van der Waals surface area contributed by atoms with E-state index in [0.29, 0.717) is 0 Å². The maximum absolute atomic E-state index is 12.1. The van der Waals surface area contributed by atoms with Crippen LogP contribution in [0.15, 0.2) is 60.0 Å². The third kappa shape index (κ3) is 2.53. The first-order chi connectivity index (χ1) is 10.1. The molecule has 1 aromatic carbocycles. The van der Waals surface area contributed by atoms with Crippen molar-refractivity contribution in [2.75, 3.05) is 0 Å². The molecule has 5 heteroatoms. The van der Waals surface area contributed by atoms with Crippen LogP contribution >= 0.6 is 0 Å². The van der Waals surface area contributed by atoms with Gasteiger partial charge in [0.15, 0.2) is 0 Å². The van der Waals surface area contributed by atoms with Gasteiger partial charge in [-0.05, 0) is 36.8 Å². The molecule has 2 aromatic heterocycles. The molecule has 0 aliphatic carbocycles. The number of pyridine rings is 1. The van der Waals surface area contributed by atoms with Gasteiger partial charge in [0.25, 0.3) is 5.56 Å². The van der Waals surface area contributed by atoms with Crippen LogP contribution in [0.4, 0.5) is 0 Å². The lowest BCUT2D eigenvalue weighted by Crippen LogP contribution is -2.17. The number of aromatic hydroxyl groups is 1. The summed E-state index contributed by atoms with van der Waals surface area (Å²) in [4.78, 5) is 20.1. The number of aromatic nitrogens is 3. The van der Waals surface area contributed by atoms with E-state index in [1.807, 2.05) is 6.92 Å². The first-order valence-electron chi connectivity index (χ1n) is 6.43. The van der Waals surface area contributed by atoms with Crippen LogP contribution in [0.25, 0.3) is 16.8 Å². The van der Waals surface area contributed by atoms with Gasteiger partial charge in [0.1, 0.15) is 12.1 Å². The lowest BCUT2D eigenvalue weighted by atomic mass is 10.1. The Morgan fingerprint density at radius 3 is 2.52 bits per heavy atom. The number of hydrogen-bond acceptors (Lipinski definition) is 4. The van der Waals surface area contributed by atoms with Crippen LogP contribution in [0.1, 0.15) is 5.56 Å². The van der Waals surface area contributed by atoms with Crippen LogP contribution in [0, 0.1) is 6.92 Å². The van der Waals surface area contributed by atoms with Crippen LogP contribution in [0.2, 0.25) is 0 Å². The van der Waals surface area contributed by atoms with Crippen molar-refractivity contribution in [3.63, 3.8) is 0 Å². The maximum atomic E-state index is 12.1. The van der Waals surface area contributed by atoms with Crippen molar-refractivity contribution in [2.45, 2.75) is 6.92 Å². The first-order valence-corrected chi connectivity index (χ1v) is 6.43. The highest BCUT2D eigenvalue weighted by Crippen LogP contribution is 2.21. The number of hydrogen-bond donors (Lipinski definition) is 1. The molecule has 3 rings (SSSR count). The Bertz CT molecular complexity index is 842. The van der Waals surface area contributed by atoms with E-state index in [1.54, 1.807) is 47.4 Å². The van der Waals surface area contributed by atoms with Crippen molar-refractivity contribution in [1.29, 1.82) is 0 Å². The third-order valence-corrected chi connectivity index (χ3v) is 3.24. The van der Waals surface area contributed by atoms with E-state index in [-0.39, 0.29) is 11.3 Å². The molecule has 0 aliphatic rings. The maximum Gasteiger partial charge on any atom is 0.255 e. The van der Waals surface area contributed by atoms with Gasteiger partial charge in [-0.15, -0.1) is 0 Å². The topological polar surface area (TPSA) is 68.0 Å². The number of nitrogens with zero attached hydrogens (tertiary/aromatic N) is 3. The van der Waals surface area contributed by atoms with Gasteiger partial charge in [-0.2, -0.15) is 0 Å². The second-order valence-electron chi connectivity index (χ2n) is 4.72. The summed E-state index contributed by atoms with van der Waals surface area (Å²) in [7, 11) is 0. The van der Waals surface area contributed by atoms with E-state index in [1.165, 1.54) is 12.4 Å². The minimum absolute atomic E-state index is 0.135. The van der Waals surface area contributed by atoms with Gasteiger partial charge in [0, 0.05) is 35.8 Å². The van der Waals surface area contributed by atoms with Crippen LogP contribution in [0.5, 0.6) is 5.75 Å². The van der Waals surface area contributed by atoms with Gasteiger partial charge in [-0.25, -0.2) is 9.97 Å². The van der Waals surface area contributed by atoms with Crippen molar-refractivity contribution in [2.24, 2.45) is 0 Å². The summed E-state index contributed by atoms with van der Waals surface area (Å²) in [5.74, 6) is 0.178. The summed E-state index contributed by atoms with van der Waals surface area (Å²) in [6, 6.07) is 8.16. The fourth-order valence-corrected chi connectivity index (χ4v) is 2.20. The minimum Gasteiger partial charge on any atom is -0.508 e. The zero-order chi connectivity index (χ0) is 14.8. The van der Waals surface area contributed by atoms with Gasteiger partial charge in [0.05, 0.1) is 5.69 Å². The SMILES string of the molecule is Cc1cc(O)ccc1-n1cc(-c2cncnc2)ccc1=O. The van der Waals surface area contributed by atoms with E-state index in [4.69, 9.17) is 0 Å². The molecule has 5 nitrogen and oxygen atoms in total. The Labute approximate surface area is 121 Å². The fourth-order valence-electron chi connectivity index (χ4n) is 2.20. The summed E-state index contributed by atoms with van der Waals surface area (Å²) in [5, 5.41) is 9.48. The molecule has 0 atom stereocenters. The van der Waals surface area contributed by atoms with Crippen LogP contribution in [0.3, 0.4) is 0 Å². The molecular weight excluding hydrogens is 266 g/mol. The van der Waals surface area contributed by atoms with Crippen LogP contribution in [-0.4, -0.2) is 19.6 Å². The highest BCUT2D eigenvalue weighted by Gasteiger charge is 2.07. The average molecular weight is 279 g/mol. The Balaban J connectivity index is 2.17. The molecular formula is C16H13N3O2. The first kappa shape index (κ1) is 13.1. The molecule has 2 heterocycles. The zero-order valence-corrected chi connectivity index (χ0v) is 11.4. The predicted octanol–water partition coefficient (Wildman–Crippen LogP) is 2.31. The molecule has 0 saturated carbocycles. The summed E-state index contributed by atoms with van der Waals surface area (Å²) in [6.07, 6.45) is 6.60. The summed E-state index contributed by atoms with van der Waals surface area (Å²) in [5.41, 5.74) is 3.10. The molecule has 21 heavy (non-hydrogen) atoms. The normalized spacial score (nSPS) is 10.5. The number of phenolic OH excluding ortho intramolecular Hbond substituents is 1. The third-order valence-electron chi connectivity index (χ3n) is 3.24. The Hall–Kier alpha value is -2.95. The molecule has 0 amide bonds. The number of rotatable bonds is 2. The van der Waals surface area contributed by atoms with Crippen molar-refractivity contribution >= 4 is 0 Å². The monoisotopic (exact) mass is 279 g/mol. The second-order valence-corrected chi connectivity index (χ2v) is 4.72. The van der Waals surface area contributed by atoms with E-state index >= 15 is 0 Å². The summed E-state index contributed by atoms with van der Waals surface area (Å²) < 4.78 is 1.55. The lowest BCUT2D eigenvalue weighted by Gasteiger charge is -2.11. The number of benzene rings is 1. The largest absolute Gasteiger partial charge is 0.508 e. The van der Waals surface area contributed by atoms with Gasteiger partial charge < -0.3 is 5.11 Å². The smallest absolute Gasteiger partial charge is 0.255 e. The average Bonchev–Trinajstić information content (AvgIpc) is 2.49. The van der Waals surface area contributed by atoms with Gasteiger partial charge in [0.2, 0.25) is 0 Å². The van der Waals surface area contributed by atoms with E-state index in [0.717, 1.165) is 22.4 Å². The van der Waals surface area contributed by atoms with E-state index in [2.05, 4.69) is 9.97 Å². The lowest BCUT2D eigenvalue weighted by molar-refractivity contribution is 0.474. The molecule has 0 saturated heterocycles. The Kier molecular flexibility index (Phi) is 3.23. The molecule has 0 spiro atoms.